The van der Waals surface area contributed by atoms with Crippen LogP contribution in [0.15, 0.2) is 0 Å². The van der Waals surface area contributed by atoms with Crippen molar-refractivity contribution in [2.75, 3.05) is 0 Å². The van der Waals surface area contributed by atoms with Gasteiger partial charge >= 0.3 is 5.97 Å². The quantitative estimate of drug-likeness (QED) is 0.600. The molecule has 0 unspecified atom stereocenters. The predicted molar refractivity (Wildman–Crippen MR) is 41.1 cm³/mol. The molecule has 0 radical (unpaired) electrons. The smallest absolute Gasteiger partial charge is 0.322 e. The molecule has 0 amide bonds. The average Bonchev–Trinajstić information content (AvgIpc) is 1.80. The summed E-state index contributed by atoms with van der Waals surface area (Å²) in [5.74, 6) is -0.922. The first-order valence-corrected chi connectivity index (χ1v) is 3.49. The molecule has 4 heteroatoms. The Balaban J connectivity index is 3.63. The van der Waals surface area contributed by atoms with Crippen LogP contribution in [-0.2, 0) is 9.63 Å². The molecule has 2 N–H and O–H groups in total. The van der Waals surface area contributed by atoms with Gasteiger partial charge in [-0.05, 0) is 27.7 Å². The van der Waals surface area contributed by atoms with Gasteiger partial charge in [0.1, 0.15) is 6.04 Å². The zero-order valence-corrected chi connectivity index (χ0v) is 7.34. The minimum Gasteiger partial charge on any atom is -0.480 e. The normalized spacial score (nSPS) is 14.5. The van der Waals surface area contributed by atoms with Crippen molar-refractivity contribution in [3.05, 3.63) is 0 Å². The zero-order valence-electron chi connectivity index (χ0n) is 7.34. The van der Waals surface area contributed by atoms with Crippen LogP contribution < -0.4 is 5.48 Å². The summed E-state index contributed by atoms with van der Waals surface area (Å²) in [5.41, 5.74) is 2.07. The van der Waals surface area contributed by atoms with Crippen LogP contribution in [0.25, 0.3) is 0 Å². The number of carboxylic acids is 1. The average molecular weight is 161 g/mol. The fourth-order valence-corrected chi connectivity index (χ4v) is 0.316. The molecule has 4 nitrogen and oxygen atoms in total. The highest BCUT2D eigenvalue weighted by molar-refractivity contribution is 5.72. The maximum Gasteiger partial charge on any atom is 0.322 e. The Morgan fingerprint density at radius 3 is 2.27 bits per heavy atom. The molecule has 0 aromatic rings. The van der Waals surface area contributed by atoms with Gasteiger partial charge in [0.25, 0.3) is 0 Å². The third-order valence-corrected chi connectivity index (χ3v) is 0.912. The van der Waals surface area contributed by atoms with E-state index in [-0.39, 0.29) is 5.60 Å². The highest BCUT2D eigenvalue weighted by Crippen LogP contribution is 2.03. The minimum atomic E-state index is -0.922. The predicted octanol–water partition coefficient (Wildman–Crippen LogP) is 0.779. The number of hydrogen-bond donors (Lipinski definition) is 2. The van der Waals surface area contributed by atoms with E-state index in [1.807, 2.05) is 20.8 Å². The lowest BCUT2D eigenvalue weighted by molar-refractivity contribution is -0.149. The summed E-state index contributed by atoms with van der Waals surface area (Å²) in [5, 5.41) is 8.44. The van der Waals surface area contributed by atoms with Gasteiger partial charge in [-0.1, -0.05) is 0 Å². The summed E-state index contributed by atoms with van der Waals surface area (Å²) in [4.78, 5) is 15.3. The lowest BCUT2D eigenvalue weighted by Gasteiger charge is -2.20. The van der Waals surface area contributed by atoms with E-state index < -0.39 is 12.0 Å². The van der Waals surface area contributed by atoms with Crippen molar-refractivity contribution in [2.45, 2.75) is 39.3 Å². The molecule has 0 spiro atoms. The van der Waals surface area contributed by atoms with Crippen molar-refractivity contribution in [1.82, 2.24) is 5.48 Å². The molecule has 66 valence electrons. The highest BCUT2D eigenvalue weighted by atomic mass is 16.7. The summed E-state index contributed by atoms with van der Waals surface area (Å²) in [6.07, 6.45) is 0. The number of hydroxylamine groups is 1. The van der Waals surface area contributed by atoms with Crippen molar-refractivity contribution in [3.8, 4) is 0 Å². The van der Waals surface area contributed by atoms with Crippen LogP contribution in [0.1, 0.15) is 27.7 Å². The molecule has 0 aromatic carbocycles. The second-order valence-electron chi connectivity index (χ2n) is 3.39. The van der Waals surface area contributed by atoms with Gasteiger partial charge in [-0.2, -0.15) is 5.48 Å². The van der Waals surface area contributed by atoms with E-state index in [1.54, 1.807) is 0 Å². The van der Waals surface area contributed by atoms with Crippen LogP contribution in [0.5, 0.6) is 0 Å². The molecule has 0 heterocycles. The fourth-order valence-electron chi connectivity index (χ4n) is 0.316. The van der Waals surface area contributed by atoms with Gasteiger partial charge in [-0.3, -0.25) is 9.63 Å². The molecule has 0 saturated heterocycles. The van der Waals surface area contributed by atoms with E-state index in [4.69, 9.17) is 9.94 Å². The lowest BCUT2D eigenvalue weighted by atomic mass is 10.2. The summed E-state index contributed by atoms with van der Waals surface area (Å²) < 4.78 is 0. The molecule has 0 rings (SSSR count). The van der Waals surface area contributed by atoms with Gasteiger partial charge in [0.15, 0.2) is 0 Å². The Hall–Kier alpha value is -0.610. The minimum absolute atomic E-state index is 0.357. The van der Waals surface area contributed by atoms with Gasteiger partial charge < -0.3 is 5.11 Å². The lowest BCUT2D eigenvalue weighted by Crippen LogP contribution is -2.39. The van der Waals surface area contributed by atoms with Crippen LogP contribution in [0.4, 0.5) is 0 Å². The third kappa shape index (κ3) is 5.82. The van der Waals surface area contributed by atoms with Crippen LogP contribution >= 0.6 is 0 Å². The van der Waals surface area contributed by atoms with E-state index in [2.05, 4.69) is 5.48 Å². The topological polar surface area (TPSA) is 58.6 Å². The van der Waals surface area contributed by atoms with Crippen molar-refractivity contribution in [2.24, 2.45) is 0 Å². The van der Waals surface area contributed by atoms with E-state index >= 15 is 0 Å². The molecule has 0 saturated carbocycles. The molecular weight excluding hydrogens is 146 g/mol. The monoisotopic (exact) mass is 161 g/mol. The van der Waals surface area contributed by atoms with Gasteiger partial charge in [0.05, 0.1) is 5.60 Å². The maximum absolute atomic E-state index is 10.3. The third-order valence-electron chi connectivity index (χ3n) is 0.912. The summed E-state index contributed by atoms with van der Waals surface area (Å²) in [6.45, 7) is 7.05. The van der Waals surface area contributed by atoms with Gasteiger partial charge in [-0.25, -0.2) is 0 Å². The first-order valence-electron chi connectivity index (χ1n) is 3.49. The Labute approximate surface area is 66.5 Å². The Kier molecular flexibility index (Phi) is 3.48. The summed E-state index contributed by atoms with van der Waals surface area (Å²) >= 11 is 0. The van der Waals surface area contributed by atoms with E-state index in [9.17, 15) is 4.79 Å². The number of carbonyl (C=O) groups is 1. The van der Waals surface area contributed by atoms with Crippen LogP contribution in [0, 0.1) is 0 Å². The SMILES string of the molecule is C[C@H](NOC(C)(C)C)C(=O)O. The number of hydrogen-bond acceptors (Lipinski definition) is 3. The van der Waals surface area contributed by atoms with Crippen molar-refractivity contribution in [3.63, 3.8) is 0 Å². The molecule has 0 aliphatic heterocycles. The Bertz CT molecular complexity index is 139. The van der Waals surface area contributed by atoms with Gasteiger partial charge in [0.2, 0.25) is 0 Å². The number of aliphatic carboxylic acids is 1. The van der Waals surface area contributed by atoms with Crippen LogP contribution in [0.2, 0.25) is 0 Å². The first-order chi connectivity index (χ1) is 4.83. The zero-order chi connectivity index (χ0) is 9.07. The van der Waals surface area contributed by atoms with E-state index in [0.717, 1.165) is 0 Å². The van der Waals surface area contributed by atoms with Crippen molar-refractivity contribution < 1.29 is 14.7 Å². The first kappa shape index (κ1) is 10.4. The molecule has 1 atom stereocenters. The van der Waals surface area contributed by atoms with E-state index in [1.165, 1.54) is 6.92 Å². The molecule has 0 aromatic heterocycles. The van der Waals surface area contributed by atoms with Crippen LogP contribution in [-0.4, -0.2) is 22.7 Å². The van der Waals surface area contributed by atoms with Crippen molar-refractivity contribution in [1.29, 1.82) is 0 Å². The molecule has 0 aliphatic carbocycles. The number of nitrogens with one attached hydrogen (secondary N) is 1. The van der Waals surface area contributed by atoms with Gasteiger partial charge in [-0.15, -0.1) is 0 Å². The van der Waals surface area contributed by atoms with Crippen LogP contribution in [0.3, 0.4) is 0 Å². The van der Waals surface area contributed by atoms with Crippen molar-refractivity contribution >= 4 is 5.97 Å². The largest absolute Gasteiger partial charge is 0.480 e. The molecular formula is C7H15NO3. The molecule has 0 bridgehead atoms. The molecule has 11 heavy (non-hydrogen) atoms. The summed E-state index contributed by atoms with van der Waals surface area (Å²) in [7, 11) is 0. The van der Waals surface area contributed by atoms with E-state index in [0.29, 0.717) is 0 Å². The maximum atomic E-state index is 10.3. The van der Waals surface area contributed by atoms with Gasteiger partial charge in [0, 0.05) is 0 Å². The number of carboxylic acid groups (broad SMARTS) is 1. The fraction of sp³-hybridized carbons (Fsp3) is 0.857. The summed E-state index contributed by atoms with van der Waals surface area (Å²) in [6, 6.07) is -0.672. The Morgan fingerprint density at radius 2 is 2.00 bits per heavy atom. The Morgan fingerprint density at radius 1 is 1.55 bits per heavy atom. The second-order valence-corrected chi connectivity index (χ2v) is 3.39. The molecule has 0 aliphatic rings. The molecule has 0 fully saturated rings. The standard InChI is InChI=1S/C7H15NO3/c1-5(6(9)10)8-11-7(2,3)4/h5,8H,1-4H3,(H,9,10)/t5-/m0/s1. The number of rotatable bonds is 3. The highest BCUT2D eigenvalue weighted by Gasteiger charge is 2.15. The second kappa shape index (κ2) is 3.69.